The number of anilines is 1. The number of carboxylic acid groups (broad SMARTS) is 1. The summed E-state index contributed by atoms with van der Waals surface area (Å²) >= 11 is 0. The molecule has 0 aliphatic rings. The van der Waals surface area contributed by atoms with Crippen LogP contribution in [0.2, 0.25) is 0 Å². The summed E-state index contributed by atoms with van der Waals surface area (Å²) in [7, 11) is 0. The van der Waals surface area contributed by atoms with E-state index in [1.165, 1.54) is 11.1 Å². The largest absolute Gasteiger partial charge is 0.480 e. The molecular weight excluding hydrogens is 238 g/mol. The zero-order valence-electron chi connectivity index (χ0n) is 12.5. The predicted molar refractivity (Wildman–Crippen MR) is 80.0 cm³/mol. The molecule has 3 heteroatoms. The highest BCUT2D eigenvalue weighted by Crippen LogP contribution is 2.29. The molecular formula is C16H25NO2. The summed E-state index contributed by atoms with van der Waals surface area (Å²) in [6, 6.07) is 5.75. The molecule has 0 spiro atoms. The summed E-state index contributed by atoms with van der Waals surface area (Å²) in [6.07, 6.45) is 0.568. The Morgan fingerprint density at radius 2 is 1.84 bits per heavy atom. The maximum Gasteiger partial charge on any atom is 0.326 e. The normalized spacial score (nSPS) is 12.8. The Labute approximate surface area is 116 Å². The second-order valence-electron chi connectivity index (χ2n) is 5.60. The average Bonchev–Trinajstić information content (AvgIpc) is 2.35. The summed E-state index contributed by atoms with van der Waals surface area (Å²) in [4.78, 5) is 11.1. The van der Waals surface area contributed by atoms with Crippen molar-refractivity contribution in [3.05, 3.63) is 29.3 Å². The van der Waals surface area contributed by atoms with Gasteiger partial charge in [0.1, 0.15) is 6.04 Å². The number of aliphatic carboxylic acids is 1. The number of carbonyl (C=O) groups is 1. The third-order valence-electron chi connectivity index (χ3n) is 3.40. The van der Waals surface area contributed by atoms with E-state index in [4.69, 9.17) is 5.11 Å². The lowest BCUT2D eigenvalue weighted by molar-refractivity contribution is -0.137. The van der Waals surface area contributed by atoms with Crippen molar-refractivity contribution in [2.45, 2.75) is 58.9 Å². The van der Waals surface area contributed by atoms with Crippen molar-refractivity contribution in [2.75, 3.05) is 5.32 Å². The van der Waals surface area contributed by atoms with Crippen LogP contribution in [0.5, 0.6) is 0 Å². The van der Waals surface area contributed by atoms with Crippen molar-refractivity contribution in [2.24, 2.45) is 0 Å². The van der Waals surface area contributed by atoms with Gasteiger partial charge in [-0.1, -0.05) is 46.8 Å². The highest BCUT2D eigenvalue weighted by molar-refractivity contribution is 5.77. The first-order valence-corrected chi connectivity index (χ1v) is 7.00. The maximum absolute atomic E-state index is 11.1. The van der Waals surface area contributed by atoms with Crippen LogP contribution in [0.3, 0.4) is 0 Å². The van der Waals surface area contributed by atoms with Crippen LogP contribution in [0.4, 0.5) is 5.69 Å². The molecule has 1 rings (SSSR count). The van der Waals surface area contributed by atoms with Crippen LogP contribution < -0.4 is 5.32 Å². The van der Waals surface area contributed by atoms with Gasteiger partial charge in [0.2, 0.25) is 0 Å². The first kappa shape index (κ1) is 15.5. The molecule has 0 aliphatic heterocycles. The second-order valence-corrected chi connectivity index (χ2v) is 5.60. The molecule has 1 aromatic rings. The van der Waals surface area contributed by atoms with Gasteiger partial charge in [-0.15, -0.1) is 0 Å². The first-order valence-electron chi connectivity index (χ1n) is 7.00. The maximum atomic E-state index is 11.1. The van der Waals surface area contributed by atoms with Gasteiger partial charge in [-0.05, 0) is 35.4 Å². The average molecular weight is 263 g/mol. The minimum atomic E-state index is -0.801. The van der Waals surface area contributed by atoms with E-state index in [1.54, 1.807) is 0 Å². The van der Waals surface area contributed by atoms with Crippen molar-refractivity contribution >= 4 is 11.7 Å². The molecule has 1 atom stereocenters. The van der Waals surface area contributed by atoms with Crippen LogP contribution in [0.1, 0.15) is 64.0 Å². The molecule has 0 aliphatic carbocycles. The molecule has 3 nitrogen and oxygen atoms in total. The molecule has 0 saturated heterocycles. The number of rotatable bonds is 6. The van der Waals surface area contributed by atoms with E-state index in [0.29, 0.717) is 18.3 Å². The lowest BCUT2D eigenvalue weighted by Gasteiger charge is -2.20. The standard InChI is InChI=1S/C16H25NO2/c1-6-14(16(18)19)17-15-8-7-12(10(2)3)9-13(15)11(4)5/h7-11,14,17H,6H2,1-5H3,(H,18,19). The van der Waals surface area contributed by atoms with Crippen molar-refractivity contribution in [1.29, 1.82) is 0 Å². The molecule has 0 heterocycles. The summed E-state index contributed by atoms with van der Waals surface area (Å²) in [6.45, 7) is 10.5. The molecule has 2 N–H and O–H groups in total. The van der Waals surface area contributed by atoms with Gasteiger partial charge in [0.05, 0.1) is 0 Å². The summed E-state index contributed by atoms with van der Waals surface area (Å²) < 4.78 is 0. The number of hydrogen-bond acceptors (Lipinski definition) is 2. The zero-order chi connectivity index (χ0) is 14.6. The van der Waals surface area contributed by atoms with Gasteiger partial charge in [-0.3, -0.25) is 0 Å². The molecule has 0 radical (unpaired) electrons. The SMILES string of the molecule is CCC(Nc1ccc(C(C)C)cc1C(C)C)C(=O)O. The topological polar surface area (TPSA) is 49.3 Å². The molecule has 106 valence electrons. The quantitative estimate of drug-likeness (QED) is 0.808. The predicted octanol–water partition coefficient (Wildman–Crippen LogP) is 4.21. The number of hydrogen-bond donors (Lipinski definition) is 2. The van der Waals surface area contributed by atoms with E-state index >= 15 is 0 Å². The van der Waals surface area contributed by atoms with Gasteiger partial charge in [0.15, 0.2) is 0 Å². The zero-order valence-corrected chi connectivity index (χ0v) is 12.5. The Morgan fingerprint density at radius 3 is 2.26 bits per heavy atom. The van der Waals surface area contributed by atoms with E-state index in [1.807, 2.05) is 13.0 Å². The third-order valence-corrected chi connectivity index (χ3v) is 3.40. The number of carboxylic acids is 1. The van der Waals surface area contributed by atoms with E-state index in [-0.39, 0.29) is 0 Å². The van der Waals surface area contributed by atoms with E-state index in [9.17, 15) is 4.79 Å². The lowest BCUT2D eigenvalue weighted by Crippen LogP contribution is -2.28. The monoisotopic (exact) mass is 263 g/mol. The molecule has 0 saturated carbocycles. The van der Waals surface area contributed by atoms with Crippen molar-refractivity contribution in [1.82, 2.24) is 0 Å². The fourth-order valence-electron chi connectivity index (χ4n) is 2.08. The fraction of sp³-hybridized carbons (Fsp3) is 0.562. The van der Waals surface area contributed by atoms with E-state index in [2.05, 4.69) is 45.1 Å². The highest BCUT2D eigenvalue weighted by atomic mass is 16.4. The number of benzene rings is 1. The van der Waals surface area contributed by atoms with Crippen LogP contribution >= 0.6 is 0 Å². The highest BCUT2D eigenvalue weighted by Gasteiger charge is 2.17. The van der Waals surface area contributed by atoms with Gasteiger partial charge in [-0.2, -0.15) is 0 Å². The van der Waals surface area contributed by atoms with Crippen molar-refractivity contribution < 1.29 is 9.90 Å². The Bertz CT molecular complexity index is 438. The lowest BCUT2D eigenvalue weighted by atomic mass is 9.94. The van der Waals surface area contributed by atoms with Crippen LogP contribution in [0, 0.1) is 0 Å². The smallest absolute Gasteiger partial charge is 0.326 e. The minimum Gasteiger partial charge on any atom is -0.480 e. The van der Waals surface area contributed by atoms with Crippen molar-refractivity contribution in [3.8, 4) is 0 Å². The van der Waals surface area contributed by atoms with Gasteiger partial charge >= 0.3 is 5.97 Å². The number of nitrogens with one attached hydrogen (secondary N) is 1. The Morgan fingerprint density at radius 1 is 1.21 bits per heavy atom. The second kappa shape index (κ2) is 6.60. The van der Waals surface area contributed by atoms with Crippen LogP contribution in [0.15, 0.2) is 18.2 Å². The summed E-state index contributed by atoms with van der Waals surface area (Å²) in [5.74, 6) is 0.0469. The molecule has 0 bridgehead atoms. The molecule has 19 heavy (non-hydrogen) atoms. The first-order chi connectivity index (χ1) is 8.86. The molecule has 0 aromatic heterocycles. The van der Waals surface area contributed by atoms with Gasteiger partial charge in [0.25, 0.3) is 0 Å². The van der Waals surface area contributed by atoms with Crippen LogP contribution in [-0.4, -0.2) is 17.1 Å². The molecule has 1 unspecified atom stereocenters. The van der Waals surface area contributed by atoms with Gasteiger partial charge < -0.3 is 10.4 Å². The van der Waals surface area contributed by atoms with Gasteiger partial charge in [0, 0.05) is 5.69 Å². The van der Waals surface area contributed by atoms with Gasteiger partial charge in [-0.25, -0.2) is 4.79 Å². The van der Waals surface area contributed by atoms with Crippen molar-refractivity contribution in [3.63, 3.8) is 0 Å². The van der Waals surface area contributed by atoms with Crippen LogP contribution in [-0.2, 0) is 4.79 Å². The third kappa shape index (κ3) is 3.98. The molecule has 0 fully saturated rings. The Balaban J connectivity index is 3.09. The van der Waals surface area contributed by atoms with Crippen LogP contribution in [0.25, 0.3) is 0 Å². The minimum absolute atomic E-state index is 0.368. The molecule has 0 amide bonds. The Hall–Kier alpha value is -1.51. The van der Waals surface area contributed by atoms with E-state index in [0.717, 1.165) is 5.69 Å². The fourth-order valence-corrected chi connectivity index (χ4v) is 2.08. The Kier molecular flexibility index (Phi) is 5.40. The summed E-state index contributed by atoms with van der Waals surface area (Å²) in [5, 5.41) is 12.3. The van der Waals surface area contributed by atoms with E-state index < -0.39 is 12.0 Å². The molecule has 1 aromatic carbocycles. The summed E-state index contributed by atoms with van der Waals surface area (Å²) in [5.41, 5.74) is 3.41.